The summed E-state index contributed by atoms with van der Waals surface area (Å²) in [5, 5.41) is 0. The molecule has 7 fully saturated rings. The standard InChI is InChI=1S/C21H42N2.C20H44N2.C19H42N2.C18H40N2.C17H38N2.10CH3/c1-3-22(15-7-8-16-22)19-13-21(11-5-6-12-21)14-20-23(4-2)17-9-10-18-23;1-7-21(5,8-2)18-16-20(14-12-11-13-15-20)17-19-22(6,9-3)10-4;1-7-20(5,8-2)17-15-19(13-11-12-14-19)16-18-21(6,9-3)10-4;1-7-19(3,4)16-14-18(12-10-9-11-13-18)15-17-20(5,6)8-2;1-7-18(3,4)15-13-17(11-9-10-12-17)14-16-19(5,6)8-2;;;;;;;;;;/h3-20H2,1-2H3;7-19H2,1-6H3;7-18H2,1-6H3;7-17H2,1-6H3;7-16H2,1-6H3;10*1H3/q5*+2;10*-1. The zero-order valence-corrected chi connectivity index (χ0v) is 88.2. The molecule has 5 aliphatic carbocycles. The van der Waals surface area contributed by atoms with Crippen LogP contribution in [-0.2, 0) is 0 Å². The van der Waals surface area contributed by atoms with Gasteiger partial charge in [0.25, 0.3) is 0 Å². The minimum Gasteiger partial charge on any atom is -0.358 e. The van der Waals surface area contributed by atoms with Gasteiger partial charge in [-0.2, -0.15) is 0 Å². The molecule has 2 aliphatic heterocycles. The van der Waals surface area contributed by atoms with Crippen molar-refractivity contribution in [1.29, 1.82) is 0 Å². The summed E-state index contributed by atoms with van der Waals surface area (Å²) in [6, 6.07) is 0. The van der Waals surface area contributed by atoms with E-state index in [1.54, 1.807) is 12.8 Å². The minimum absolute atomic E-state index is 0. The van der Waals surface area contributed by atoms with Gasteiger partial charge >= 0.3 is 0 Å². The summed E-state index contributed by atoms with van der Waals surface area (Å²) in [5.74, 6) is 0. The molecule has 10 heteroatoms. The molecule has 5 saturated carbocycles. The van der Waals surface area contributed by atoms with E-state index >= 15 is 0 Å². The molecule has 0 atom stereocenters. The van der Waals surface area contributed by atoms with Gasteiger partial charge < -0.3 is 119 Å². The third kappa shape index (κ3) is 45.4. The molecule has 0 N–H and O–H groups in total. The second-order valence-electron chi connectivity index (χ2n) is 42.6. The maximum Gasteiger partial charge on any atom is 0.0791 e. The number of quaternary nitrogens is 10. The highest BCUT2D eigenvalue weighted by molar-refractivity contribution is 4.89. The van der Waals surface area contributed by atoms with E-state index in [4.69, 9.17) is 0 Å². The lowest BCUT2D eigenvalue weighted by molar-refractivity contribution is -0.918. The Bertz CT molecular complexity index is 2070. The summed E-state index contributed by atoms with van der Waals surface area (Å²) in [7, 11) is 28.9. The van der Waals surface area contributed by atoms with Gasteiger partial charge in [-0.15, -0.1) is 0 Å². The number of hydrogen-bond donors (Lipinski definition) is 0. The zero-order valence-electron chi connectivity index (χ0n) is 88.2. The molecule has 0 unspecified atom stereocenters. The quantitative estimate of drug-likeness (QED) is 0.0421. The van der Waals surface area contributed by atoms with E-state index < -0.39 is 0 Å². The van der Waals surface area contributed by atoms with Crippen molar-refractivity contribution in [2.24, 2.45) is 27.1 Å². The van der Waals surface area contributed by atoms with Crippen LogP contribution in [-0.4, -0.2) is 313 Å². The lowest BCUT2D eigenvalue weighted by atomic mass is 9.69. The smallest absolute Gasteiger partial charge is 0.0791 e. The third-order valence-electron chi connectivity index (χ3n) is 34.7. The van der Waals surface area contributed by atoms with Crippen LogP contribution in [0.3, 0.4) is 0 Å². The average Bonchev–Trinajstić information content (AvgIpc) is 1.43. The summed E-state index contributed by atoms with van der Waals surface area (Å²) in [5.41, 5.74) is 3.40. The maximum absolute atomic E-state index is 2.45. The lowest BCUT2D eigenvalue weighted by Gasteiger charge is -2.43. The Balaban J connectivity index is -0.000000203. The van der Waals surface area contributed by atoms with Gasteiger partial charge in [-0.05, 0) is 188 Å². The first-order valence-corrected chi connectivity index (χ1v) is 47.7. The fraction of sp³-hybridized carbons (Fsp3) is 0.905. The average molecular weight is 1640 g/mol. The molecular weight excluding hydrogens is 1400 g/mol. The SMILES string of the molecule is CC[N+](C)(C)CCC1(CC[N+](C)(C)CC)CCCC1.CC[N+](C)(C)CCC1(CC[N+](C)(C)CC)CCCCC1.CC[N+](C)(CC)CCC1(CC[N+](C)(CC)CC)CCCC1.CC[N+](C)(CC)CCC1(CC[N+](C)(CC)CC)CCCCC1.CC[N+]1(CCC2(CC[N+]3(CC)CCCC3)CCCC2)CCCC1.[CH3-].[CH3-].[CH3-].[CH3-].[CH3-].[CH3-].[CH3-].[CH3-].[CH3-].[CH3-]. The van der Waals surface area contributed by atoms with Crippen LogP contribution >= 0.6 is 0 Å². The molecule has 2 heterocycles. The van der Waals surface area contributed by atoms with Crippen LogP contribution < -0.4 is 0 Å². The largest absolute Gasteiger partial charge is 0.358 e. The first kappa shape index (κ1) is 130. The Morgan fingerprint density at radius 1 is 0.183 bits per heavy atom. The van der Waals surface area contributed by atoms with Crippen LogP contribution in [0.4, 0.5) is 0 Å². The van der Waals surface area contributed by atoms with E-state index in [9.17, 15) is 0 Å². The molecule has 0 aromatic rings. The number of likely N-dealkylation sites (tertiary alicyclic amines) is 2. The monoisotopic (exact) mass is 1640 g/mol. The van der Waals surface area contributed by atoms with E-state index in [1.165, 1.54) is 446 Å². The highest BCUT2D eigenvalue weighted by atomic mass is 15.4. The first-order chi connectivity index (χ1) is 49.4. The third-order valence-corrected chi connectivity index (χ3v) is 34.7. The molecule has 0 aromatic carbocycles. The fourth-order valence-corrected chi connectivity index (χ4v) is 20.4. The molecule has 0 bridgehead atoms. The molecule has 7 rings (SSSR count). The van der Waals surface area contributed by atoms with E-state index in [0.29, 0.717) is 21.7 Å². The molecule has 0 spiro atoms. The molecule has 0 aromatic heterocycles. The van der Waals surface area contributed by atoms with Crippen molar-refractivity contribution in [2.45, 2.75) is 328 Å². The lowest BCUT2D eigenvalue weighted by Crippen LogP contribution is -2.49. The van der Waals surface area contributed by atoms with Crippen LogP contribution in [0.15, 0.2) is 0 Å². The van der Waals surface area contributed by atoms with Crippen molar-refractivity contribution in [1.82, 2.24) is 0 Å². The van der Waals surface area contributed by atoms with Crippen molar-refractivity contribution in [2.75, 3.05) is 268 Å². The number of nitrogens with zero attached hydrogens (tertiary/aromatic N) is 10. The first-order valence-electron chi connectivity index (χ1n) is 47.7. The second-order valence-corrected chi connectivity index (χ2v) is 42.6. The highest BCUT2D eigenvalue weighted by Crippen LogP contribution is 2.49. The van der Waals surface area contributed by atoms with Crippen molar-refractivity contribution >= 4 is 0 Å². The summed E-state index contributed by atoms with van der Waals surface area (Å²) >= 11 is 0. The van der Waals surface area contributed by atoms with Gasteiger partial charge in [-0.1, -0.05) is 77.0 Å². The minimum atomic E-state index is 0. The molecule has 0 radical (unpaired) electrons. The van der Waals surface area contributed by atoms with Gasteiger partial charge in [0.2, 0.25) is 0 Å². The van der Waals surface area contributed by atoms with Crippen molar-refractivity contribution in [3.05, 3.63) is 74.3 Å². The Morgan fingerprint density at radius 3 is 0.478 bits per heavy atom. The Kier molecular flexibility index (Phi) is 69.1. The number of rotatable bonds is 44. The predicted molar refractivity (Wildman–Crippen MR) is 532 cm³/mol. The van der Waals surface area contributed by atoms with Gasteiger partial charge in [0.15, 0.2) is 0 Å². The molecule has 7 aliphatic rings. The van der Waals surface area contributed by atoms with E-state index in [0.717, 1.165) is 5.41 Å². The van der Waals surface area contributed by atoms with Gasteiger partial charge in [-0.3, -0.25) is 0 Å². The van der Waals surface area contributed by atoms with Crippen LogP contribution in [0, 0.1) is 101 Å². The Labute approximate surface area is 737 Å². The van der Waals surface area contributed by atoms with Gasteiger partial charge in [0.1, 0.15) is 0 Å². The molecular formula is C105H236N10. The topological polar surface area (TPSA) is 0 Å². The van der Waals surface area contributed by atoms with Crippen LogP contribution in [0.25, 0.3) is 0 Å². The van der Waals surface area contributed by atoms with Gasteiger partial charge in [0.05, 0.1) is 268 Å². The van der Waals surface area contributed by atoms with Crippen LogP contribution in [0.1, 0.15) is 328 Å². The number of hydrogen-bond acceptors (Lipinski definition) is 0. The van der Waals surface area contributed by atoms with Crippen molar-refractivity contribution < 1.29 is 44.8 Å². The summed E-state index contributed by atoms with van der Waals surface area (Å²) in [6.45, 7) is 70.9. The molecule has 0 amide bonds. The highest BCUT2D eigenvalue weighted by Gasteiger charge is 2.44. The van der Waals surface area contributed by atoms with Crippen molar-refractivity contribution in [3.8, 4) is 0 Å². The normalized spacial score (nSPS) is 19.7. The van der Waals surface area contributed by atoms with E-state index in [-0.39, 0.29) is 74.3 Å². The summed E-state index contributed by atoms with van der Waals surface area (Å²) in [4.78, 5) is 0. The van der Waals surface area contributed by atoms with E-state index in [2.05, 4.69) is 182 Å². The second kappa shape index (κ2) is 61.0. The Morgan fingerprint density at radius 2 is 0.330 bits per heavy atom. The maximum atomic E-state index is 2.45. The molecule has 115 heavy (non-hydrogen) atoms. The molecule has 2 saturated heterocycles. The zero-order chi connectivity index (χ0) is 78.8. The summed E-state index contributed by atoms with van der Waals surface area (Å²) < 4.78 is 12.7. The molecule has 706 valence electrons. The van der Waals surface area contributed by atoms with Crippen LogP contribution in [0.5, 0.6) is 0 Å². The van der Waals surface area contributed by atoms with Gasteiger partial charge in [0, 0.05) is 89.9 Å². The Hall–Kier alpha value is -0.400. The van der Waals surface area contributed by atoms with Crippen LogP contribution in [0.2, 0.25) is 0 Å². The van der Waals surface area contributed by atoms with Crippen molar-refractivity contribution in [3.63, 3.8) is 0 Å². The summed E-state index contributed by atoms with van der Waals surface area (Å²) in [6.07, 6.45) is 53.4. The molecule has 10 nitrogen and oxygen atoms in total. The van der Waals surface area contributed by atoms with E-state index in [1.807, 2.05) is 0 Å². The van der Waals surface area contributed by atoms with Gasteiger partial charge in [-0.25, -0.2) is 0 Å². The predicted octanol–water partition coefficient (Wildman–Crippen LogP) is 25.5. The fourth-order valence-electron chi connectivity index (χ4n) is 20.4.